The fraction of sp³-hybridized carbons (Fsp3) is 0.348. The third kappa shape index (κ3) is 3.61. The van der Waals surface area contributed by atoms with Gasteiger partial charge in [-0.05, 0) is 55.5 Å². The number of H-pyrrole nitrogens is 1. The number of alkyl halides is 3. The monoisotopic (exact) mass is 442 g/mol. The molecule has 32 heavy (non-hydrogen) atoms. The Labute approximate surface area is 182 Å². The first kappa shape index (κ1) is 20.5. The molecule has 2 fully saturated rings. The minimum absolute atomic E-state index is 0.128. The van der Waals surface area contributed by atoms with Crippen LogP contribution in [0.2, 0.25) is 0 Å². The first-order chi connectivity index (χ1) is 15.3. The van der Waals surface area contributed by atoms with Gasteiger partial charge in [0.2, 0.25) is 5.88 Å². The number of likely N-dealkylation sites (tertiary alicyclic amines) is 1. The minimum atomic E-state index is -4.45. The van der Waals surface area contributed by atoms with Gasteiger partial charge in [-0.1, -0.05) is 0 Å². The van der Waals surface area contributed by atoms with Crippen molar-refractivity contribution in [1.29, 1.82) is 0 Å². The van der Waals surface area contributed by atoms with Gasteiger partial charge in [0, 0.05) is 42.5 Å². The van der Waals surface area contributed by atoms with Gasteiger partial charge < -0.3 is 14.6 Å². The van der Waals surface area contributed by atoms with Gasteiger partial charge in [-0.3, -0.25) is 9.78 Å². The lowest BCUT2D eigenvalue weighted by Crippen LogP contribution is -2.47. The van der Waals surface area contributed by atoms with Crippen molar-refractivity contribution < 1.29 is 22.7 Å². The van der Waals surface area contributed by atoms with E-state index in [-0.39, 0.29) is 29.9 Å². The lowest BCUT2D eigenvalue weighted by molar-refractivity contribution is -0.137. The van der Waals surface area contributed by atoms with E-state index in [1.807, 2.05) is 25.1 Å². The maximum absolute atomic E-state index is 13.5. The summed E-state index contributed by atoms with van der Waals surface area (Å²) in [6, 6.07) is 7.65. The number of aromatic nitrogens is 3. The van der Waals surface area contributed by atoms with E-state index in [1.54, 1.807) is 17.3 Å². The molecule has 166 valence electrons. The summed E-state index contributed by atoms with van der Waals surface area (Å²) in [6.45, 7) is 2.55. The Bertz CT molecular complexity index is 1130. The number of hydrogen-bond acceptors (Lipinski definition) is 4. The van der Waals surface area contributed by atoms with Gasteiger partial charge in [0.05, 0.1) is 11.6 Å². The topological polar surface area (TPSA) is 71.1 Å². The largest absolute Gasteiger partial charge is 0.472 e. The zero-order valence-corrected chi connectivity index (χ0v) is 17.3. The van der Waals surface area contributed by atoms with Gasteiger partial charge in [0.25, 0.3) is 5.91 Å². The van der Waals surface area contributed by atoms with Crippen molar-refractivity contribution in [2.75, 3.05) is 6.54 Å². The first-order valence-electron chi connectivity index (χ1n) is 10.4. The molecular formula is C23H21F3N4O2. The average molecular weight is 442 g/mol. The number of ether oxygens (including phenoxy) is 1. The Balaban J connectivity index is 1.37. The average Bonchev–Trinajstić information content (AvgIpc) is 3.50. The molecule has 6 nitrogen and oxygen atoms in total. The quantitative estimate of drug-likeness (QED) is 0.647. The predicted molar refractivity (Wildman–Crippen MR) is 110 cm³/mol. The summed E-state index contributed by atoms with van der Waals surface area (Å²) in [5, 5.41) is 0. The van der Waals surface area contributed by atoms with Crippen LogP contribution >= 0.6 is 0 Å². The van der Waals surface area contributed by atoms with E-state index in [0.717, 1.165) is 41.9 Å². The van der Waals surface area contributed by atoms with E-state index < -0.39 is 11.7 Å². The van der Waals surface area contributed by atoms with Crippen LogP contribution in [-0.2, 0) is 6.18 Å². The summed E-state index contributed by atoms with van der Waals surface area (Å²) in [4.78, 5) is 26.7. The van der Waals surface area contributed by atoms with E-state index in [4.69, 9.17) is 4.74 Å². The number of nitrogens with one attached hydrogen (secondary N) is 1. The summed E-state index contributed by atoms with van der Waals surface area (Å²) in [6.07, 6.45) is 0.963. The molecule has 1 saturated heterocycles. The number of rotatable bonds is 4. The Morgan fingerprint density at radius 2 is 2.03 bits per heavy atom. The highest BCUT2D eigenvalue weighted by Crippen LogP contribution is 2.41. The van der Waals surface area contributed by atoms with Gasteiger partial charge in [-0.25, -0.2) is 4.98 Å². The molecule has 1 aliphatic heterocycles. The second-order valence-electron chi connectivity index (χ2n) is 8.34. The molecule has 0 spiro atoms. The van der Waals surface area contributed by atoms with Crippen LogP contribution in [0.25, 0.3) is 11.3 Å². The predicted octanol–water partition coefficient (Wildman–Crippen LogP) is 4.48. The molecular weight excluding hydrogens is 421 g/mol. The summed E-state index contributed by atoms with van der Waals surface area (Å²) < 4.78 is 44.3. The molecule has 1 N–H and O–H groups in total. The van der Waals surface area contributed by atoms with E-state index in [9.17, 15) is 18.0 Å². The van der Waals surface area contributed by atoms with Gasteiger partial charge in [0.15, 0.2) is 0 Å². The second-order valence-corrected chi connectivity index (χ2v) is 8.34. The molecule has 2 aliphatic rings. The van der Waals surface area contributed by atoms with Crippen molar-refractivity contribution in [3.63, 3.8) is 0 Å². The smallest absolute Gasteiger partial charge is 0.417 e. The van der Waals surface area contributed by atoms with Crippen LogP contribution in [0.1, 0.15) is 34.5 Å². The lowest BCUT2D eigenvalue weighted by Gasteiger charge is -2.33. The Hall–Kier alpha value is -3.36. The van der Waals surface area contributed by atoms with Gasteiger partial charge in [-0.2, -0.15) is 13.2 Å². The molecule has 3 aromatic heterocycles. The Morgan fingerprint density at radius 1 is 1.19 bits per heavy atom. The van der Waals surface area contributed by atoms with Crippen LogP contribution in [0.3, 0.4) is 0 Å². The zero-order valence-electron chi connectivity index (χ0n) is 17.3. The highest BCUT2D eigenvalue weighted by atomic mass is 19.4. The van der Waals surface area contributed by atoms with Crippen molar-refractivity contribution in [3.05, 3.63) is 65.7 Å². The molecule has 0 aromatic carbocycles. The van der Waals surface area contributed by atoms with Crippen LogP contribution in [-0.4, -0.2) is 44.4 Å². The Kier molecular flexibility index (Phi) is 4.91. The van der Waals surface area contributed by atoms with E-state index in [0.29, 0.717) is 12.2 Å². The Morgan fingerprint density at radius 3 is 2.69 bits per heavy atom. The van der Waals surface area contributed by atoms with E-state index in [1.165, 1.54) is 6.07 Å². The molecule has 3 aromatic rings. The fourth-order valence-corrected chi connectivity index (χ4v) is 4.78. The molecule has 1 aliphatic carbocycles. The molecule has 1 saturated carbocycles. The van der Waals surface area contributed by atoms with Crippen molar-refractivity contribution in [3.8, 4) is 17.1 Å². The fourth-order valence-electron chi connectivity index (χ4n) is 4.78. The number of halogens is 3. The second kappa shape index (κ2) is 7.65. The van der Waals surface area contributed by atoms with Crippen molar-refractivity contribution >= 4 is 5.91 Å². The van der Waals surface area contributed by atoms with E-state index in [2.05, 4.69) is 15.0 Å². The molecule has 2 bridgehead atoms. The van der Waals surface area contributed by atoms with Gasteiger partial charge >= 0.3 is 6.18 Å². The molecule has 9 heteroatoms. The number of piperidine rings is 1. The highest BCUT2D eigenvalue weighted by Gasteiger charge is 2.49. The third-order valence-corrected chi connectivity index (χ3v) is 6.25. The number of carbonyl (C=O) groups excluding carboxylic acids is 1. The zero-order chi connectivity index (χ0) is 22.5. The summed E-state index contributed by atoms with van der Waals surface area (Å²) in [5.41, 5.74) is 2.09. The number of carbonyl (C=O) groups is 1. The number of aromatic amines is 1. The highest BCUT2D eigenvalue weighted by molar-refractivity contribution is 5.99. The number of nitrogens with zero attached hydrogens (tertiary/aromatic N) is 3. The van der Waals surface area contributed by atoms with Crippen LogP contribution in [0.4, 0.5) is 13.2 Å². The minimum Gasteiger partial charge on any atom is -0.472 e. The van der Waals surface area contributed by atoms with Crippen LogP contribution in [0.15, 0.2) is 48.9 Å². The molecule has 4 heterocycles. The number of pyridine rings is 2. The van der Waals surface area contributed by atoms with Crippen molar-refractivity contribution in [2.24, 2.45) is 5.92 Å². The lowest BCUT2D eigenvalue weighted by atomic mass is 10.0. The van der Waals surface area contributed by atoms with E-state index >= 15 is 0 Å². The number of amides is 1. The molecule has 3 atom stereocenters. The first-order valence-corrected chi connectivity index (χ1v) is 10.4. The maximum atomic E-state index is 13.5. The van der Waals surface area contributed by atoms with Crippen LogP contribution in [0, 0.1) is 12.8 Å². The maximum Gasteiger partial charge on any atom is 0.417 e. The summed E-state index contributed by atoms with van der Waals surface area (Å²) in [7, 11) is 0. The number of aryl methyl sites for hydroxylation is 1. The number of fused-ring (bicyclic) bond motifs is 2. The summed E-state index contributed by atoms with van der Waals surface area (Å²) >= 11 is 0. The normalized spacial score (nSPS) is 22.4. The van der Waals surface area contributed by atoms with Crippen LogP contribution < -0.4 is 4.74 Å². The van der Waals surface area contributed by atoms with Crippen LogP contribution in [0.5, 0.6) is 5.88 Å². The number of hydrogen-bond donors (Lipinski definition) is 1. The molecule has 1 amide bonds. The molecule has 0 radical (unpaired) electrons. The van der Waals surface area contributed by atoms with Crippen molar-refractivity contribution in [1.82, 2.24) is 19.9 Å². The standard InChI is InChI=1S/C23H21F3N4O2/c1-13-6-8-28-21(20(13)16-3-2-7-27-16)22(31)30-12-14-9-17(30)18(10-14)32-19-5-4-15(11-29-19)23(24,25)26/h2-8,11,14,17-18,27H,9-10,12H2,1H3/t14-,17+,18-/m1/s1. The third-order valence-electron chi connectivity index (χ3n) is 6.25. The van der Waals surface area contributed by atoms with Gasteiger partial charge in [-0.15, -0.1) is 0 Å². The molecule has 5 rings (SSSR count). The van der Waals surface area contributed by atoms with Crippen molar-refractivity contribution in [2.45, 2.75) is 38.1 Å². The van der Waals surface area contributed by atoms with Gasteiger partial charge in [0.1, 0.15) is 11.8 Å². The SMILES string of the molecule is Cc1ccnc(C(=O)N2C[C@H]3C[C@@H](Oc4ccc(C(F)(F)F)cn4)[C@@H]2C3)c1-c1ccc[nH]1. The molecule has 0 unspecified atom stereocenters. The summed E-state index contributed by atoms with van der Waals surface area (Å²) in [5.74, 6) is 0.241.